The van der Waals surface area contributed by atoms with Gasteiger partial charge in [0, 0.05) is 6.07 Å². The molecule has 0 aliphatic heterocycles. The van der Waals surface area contributed by atoms with Crippen molar-refractivity contribution in [1.82, 2.24) is 0 Å². The molecule has 0 atom stereocenters. The van der Waals surface area contributed by atoms with Gasteiger partial charge in [-0.2, -0.15) is 11.3 Å². The molecule has 0 bridgehead atoms. The van der Waals surface area contributed by atoms with Crippen LogP contribution in [0.25, 0.3) is 11.1 Å². The van der Waals surface area contributed by atoms with Crippen LogP contribution in [0.4, 0.5) is 5.69 Å². The Balaban J connectivity index is 2.61. The first-order valence-electron chi connectivity index (χ1n) is 4.64. The van der Waals surface area contributed by atoms with Crippen molar-refractivity contribution in [3.8, 4) is 11.1 Å². The van der Waals surface area contributed by atoms with Crippen LogP contribution in [0, 0.1) is 10.1 Å². The van der Waals surface area contributed by atoms with Crippen LogP contribution in [0.5, 0.6) is 0 Å². The van der Waals surface area contributed by atoms with Gasteiger partial charge < -0.3 is 5.11 Å². The van der Waals surface area contributed by atoms with Crippen LogP contribution in [0.3, 0.4) is 0 Å². The van der Waals surface area contributed by atoms with Crippen LogP contribution in [0.15, 0.2) is 35.0 Å². The topological polar surface area (TPSA) is 80.4 Å². The van der Waals surface area contributed by atoms with Crippen molar-refractivity contribution in [2.24, 2.45) is 0 Å². The van der Waals surface area contributed by atoms with Crippen molar-refractivity contribution in [3.63, 3.8) is 0 Å². The molecule has 6 heteroatoms. The predicted octanol–water partition coefficient (Wildman–Crippen LogP) is 3.02. The number of thiophene rings is 1. The second kappa shape index (κ2) is 4.34. The summed E-state index contributed by atoms with van der Waals surface area (Å²) in [5, 5.41) is 23.3. The summed E-state index contributed by atoms with van der Waals surface area (Å²) in [7, 11) is 0. The predicted molar refractivity (Wildman–Crippen MR) is 63.4 cm³/mol. The minimum Gasteiger partial charge on any atom is -0.478 e. The molecule has 1 aromatic carbocycles. The van der Waals surface area contributed by atoms with E-state index in [0.29, 0.717) is 5.56 Å². The van der Waals surface area contributed by atoms with Gasteiger partial charge in [0.05, 0.1) is 16.1 Å². The second-order valence-corrected chi connectivity index (χ2v) is 4.09. The van der Waals surface area contributed by atoms with Crippen LogP contribution in [0.1, 0.15) is 10.4 Å². The molecule has 0 fully saturated rings. The Hall–Kier alpha value is -2.21. The summed E-state index contributed by atoms with van der Waals surface area (Å²) in [6, 6.07) is 5.66. The molecule has 86 valence electrons. The van der Waals surface area contributed by atoms with E-state index < -0.39 is 10.9 Å². The molecule has 2 rings (SSSR count). The lowest BCUT2D eigenvalue weighted by Crippen LogP contribution is -1.99. The maximum atomic E-state index is 10.9. The average molecular weight is 249 g/mol. The molecule has 0 aliphatic rings. The molecule has 2 aromatic rings. The van der Waals surface area contributed by atoms with Crippen LogP contribution >= 0.6 is 11.3 Å². The molecule has 0 unspecified atom stereocenters. The Morgan fingerprint density at radius 1 is 1.35 bits per heavy atom. The van der Waals surface area contributed by atoms with Gasteiger partial charge in [0.15, 0.2) is 0 Å². The Morgan fingerprint density at radius 3 is 2.65 bits per heavy atom. The molecule has 1 aromatic heterocycles. The van der Waals surface area contributed by atoms with Gasteiger partial charge in [-0.05, 0) is 34.5 Å². The number of rotatable bonds is 3. The van der Waals surface area contributed by atoms with Gasteiger partial charge in [-0.25, -0.2) is 4.79 Å². The van der Waals surface area contributed by atoms with E-state index >= 15 is 0 Å². The Morgan fingerprint density at radius 2 is 2.12 bits per heavy atom. The highest BCUT2D eigenvalue weighted by atomic mass is 32.1. The van der Waals surface area contributed by atoms with Gasteiger partial charge >= 0.3 is 5.97 Å². The van der Waals surface area contributed by atoms with Crippen LogP contribution < -0.4 is 0 Å². The number of nitro benzene ring substituents is 1. The number of hydrogen-bond acceptors (Lipinski definition) is 4. The van der Waals surface area contributed by atoms with E-state index in [9.17, 15) is 14.9 Å². The number of carboxylic acid groups (broad SMARTS) is 1. The number of benzene rings is 1. The molecule has 1 heterocycles. The standard InChI is InChI=1S/C11H7NO4S/c13-11(14)7-1-2-9(8-3-4-17-6-8)10(5-7)12(15)16/h1-6H,(H,13,14). The molecule has 0 spiro atoms. The molecule has 0 saturated heterocycles. The molecule has 0 aliphatic carbocycles. The molecule has 5 nitrogen and oxygen atoms in total. The van der Waals surface area contributed by atoms with E-state index in [0.717, 1.165) is 11.6 Å². The van der Waals surface area contributed by atoms with E-state index in [-0.39, 0.29) is 11.3 Å². The minimum absolute atomic E-state index is 0.0873. The first-order valence-corrected chi connectivity index (χ1v) is 5.58. The lowest BCUT2D eigenvalue weighted by molar-refractivity contribution is -0.384. The van der Waals surface area contributed by atoms with E-state index in [1.165, 1.54) is 23.5 Å². The lowest BCUT2D eigenvalue weighted by atomic mass is 10.0. The van der Waals surface area contributed by atoms with Gasteiger partial charge in [0.25, 0.3) is 5.69 Å². The van der Waals surface area contributed by atoms with Crippen molar-refractivity contribution in [3.05, 3.63) is 50.7 Å². The molecule has 0 saturated carbocycles. The van der Waals surface area contributed by atoms with E-state index in [1.54, 1.807) is 11.4 Å². The summed E-state index contributed by atoms with van der Waals surface area (Å²) in [5.41, 5.74) is 0.874. The van der Waals surface area contributed by atoms with E-state index in [2.05, 4.69) is 0 Å². The summed E-state index contributed by atoms with van der Waals surface area (Å²) in [6.07, 6.45) is 0. The number of carbonyl (C=O) groups is 1. The Labute approximate surface area is 100 Å². The first-order chi connectivity index (χ1) is 8.09. The normalized spacial score (nSPS) is 10.1. The highest BCUT2D eigenvalue weighted by molar-refractivity contribution is 7.08. The van der Waals surface area contributed by atoms with Gasteiger partial charge in [-0.3, -0.25) is 10.1 Å². The quantitative estimate of drug-likeness (QED) is 0.669. The summed E-state index contributed by atoms with van der Waals surface area (Å²) in [5.74, 6) is -1.18. The van der Waals surface area contributed by atoms with E-state index in [1.807, 2.05) is 5.38 Å². The van der Waals surface area contributed by atoms with Crippen molar-refractivity contribution < 1.29 is 14.8 Å². The van der Waals surface area contributed by atoms with Gasteiger partial charge in [-0.15, -0.1) is 0 Å². The van der Waals surface area contributed by atoms with Crippen LogP contribution in [0.2, 0.25) is 0 Å². The number of nitrogens with zero attached hydrogens (tertiary/aromatic N) is 1. The zero-order valence-corrected chi connectivity index (χ0v) is 9.31. The average Bonchev–Trinajstić information content (AvgIpc) is 2.81. The second-order valence-electron chi connectivity index (χ2n) is 3.31. The van der Waals surface area contributed by atoms with Gasteiger partial charge in [0.1, 0.15) is 0 Å². The fourth-order valence-corrected chi connectivity index (χ4v) is 2.13. The van der Waals surface area contributed by atoms with Crippen LogP contribution in [-0.4, -0.2) is 16.0 Å². The van der Waals surface area contributed by atoms with Crippen LogP contribution in [-0.2, 0) is 0 Å². The smallest absolute Gasteiger partial charge is 0.335 e. The molecule has 0 radical (unpaired) electrons. The largest absolute Gasteiger partial charge is 0.478 e. The van der Waals surface area contributed by atoms with Crippen molar-refractivity contribution >= 4 is 23.0 Å². The van der Waals surface area contributed by atoms with Crippen molar-refractivity contribution in [2.75, 3.05) is 0 Å². The summed E-state index contributed by atoms with van der Waals surface area (Å²) in [6.45, 7) is 0. The van der Waals surface area contributed by atoms with Gasteiger partial charge in [0.2, 0.25) is 0 Å². The van der Waals surface area contributed by atoms with Crippen molar-refractivity contribution in [2.45, 2.75) is 0 Å². The lowest BCUT2D eigenvalue weighted by Gasteiger charge is -2.01. The Kier molecular flexibility index (Phi) is 2.88. The summed E-state index contributed by atoms with van der Waals surface area (Å²) < 4.78 is 0. The fourth-order valence-electron chi connectivity index (χ4n) is 1.48. The third kappa shape index (κ3) is 2.16. The minimum atomic E-state index is -1.18. The summed E-state index contributed by atoms with van der Waals surface area (Å²) >= 11 is 1.43. The third-order valence-corrected chi connectivity index (χ3v) is 2.96. The zero-order valence-electron chi connectivity index (χ0n) is 8.49. The zero-order chi connectivity index (χ0) is 12.4. The number of hydrogen-bond donors (Lipinski definition) is 1. The SMILES string of the molecule is O=C(O)c1ccc(-c2ccsc2)c([N+](=O)[O-])c1. The highest BCUT2D eigenvalue weighted by Crippen LogP contribution is 2.32. The Bertz CT molecular complexity index is 577. The van der Waals surface area contributed by atoms with Gasteiger partial charge in [-0.1, -0.05) is 0 Å². The maximum Gasteiger partial charge on any atom is 0.335 e. The maximum absolute atomic E-state index is 10.9. The third-order valence-electron chi connectivity index (χ3n) is 2.27. The summed E-state index contributed by atoms with van der Waals surface area (Å²) in [4.78, 5) is 21.1. The molecule has 0 amide bonds. The van der Waals surface area contributed by atoms with Crippen molar-refractivity contribution in [1.29, 1.82) is 0 Å². The number of nitro groups is 1. The monoisotopic (exact) mass is 249 g/mol. The highest BCUT2D eigenvalue weighted by Gasteiger charge is 2.18. The van der Waals surface area contributed by atoms with E-state index in [4.69, 9.17) is 5.11 Å². The fraction of sp³-hybridized carbons (Fsp3) is 0. The number of carboxylic acids is 1. The first kappa shape index (κ1) is 11.3. The number of aromatic carboxylic acids is 1. The molecule has 1 N–H and O–H groups in total. The molecular weight excluding hydrogens is 242 g/mol. The molecular formula is C11H7NO4S. The molecule has 17 heavy (non-hydrogen) atoms.